The average molecular weight is 420 g/mol. The van der Waals surface area contributed by atoms with Crippen molar-refractivity contribution in [3.8, 4) is 17.2 Å². The third-order valence-electron chi connectivity index (χ3n) is 4.32. The maximum absolute atomic E-state index is 13.1. The van der Waals surface area contributed by atoms with E-state index in [1.165, 1.54) is 48.2 Å². The Morgan fingerprint density at radius 1 is 1.17 bits per heavy atom. The van der Waals surface area contributed by atoms with Crippen LogP contribution in [-0.4, -0.2) is 41.2 Å². The van der Waals surface area contributed by atoms with Gasteiger partial charge < -0.3 is 14.8 Å². The predicted octanol–water partition coefficient (Wildman–Crippen LogP) is 3.30. The summed E-state index contributed by atoms with van der Waals surface area (Å²) in [4.78, 5) is 12.4. The van der Waals surface area contributed by atoms with Gasteiger partial charge in [-0.2, -0.15) is 8.78 Å². The molecule has 0 aliphatic heterocycles. The lowest BCUT2D eigenvalue weighted by Crippen LogP contribution is -2.26. The van der Waals surface area contributed by atoms with Gasteiger partial charge in [0.05, 0.1) is 18.5 Å². The number of aromatic nitrogens is 3. The lowest BCUT2D eigenvalue weighted by molar-refractivity contribution is -0.0512. The zero-order valence-corrected chi connectivity index (χ0v) is 16.2. The van der Waals surface area contributed by atoms with Gasteiger partial charge >= 0.3 is 6.61 Å². The number of hydrogen-bond acceptors (Lipinski definition) is 5. The largest absolute Gasteiger partial charge is 0.493 e. The lowest BCUT2D eigenvalue weighted by atomic mass is 10.1. The second-order valence-electron chi connectivity index (χ2n) is 6.28. The molecule has 2 aromatic carbocycles. The van der Waals surface area contributed by atoms with Gasteiger partial charge in [0.15, 0.2) is 17.2 Å². The van der Waals surface area contributed by atoms with Crippen molar-refractivity contribution in [1.82, 2.24) is 20.3 Å². The molecule has 3 aromatic rings. The molecule has 0 fully saturated rings. The van der Waals surface area contributed by atoms with Crippen molar-refractivity contribution >= 4 is 5.91 Å². The Morgan fingerprint density at radius 2 is 1.90 bits per heavy atom. The molecule has 1 amide bonds. The van der Waals surface area contributed by atoms with E-state index < -0.39 is 12.5 Å². The van der Waals surface area contributed by atoms with Crippen LogP contribution in [0.3, 0.4) is 0 Å². The standard InChI is InChI=1S/C20H19F3N4O3/c1-12-18(25-26-27(12)15-6-4-14(21)5-7-15)19(28)24-10-9-13-3-8-16(29-2)17(11-13)30-20(22)23/h3-8,11,20H,9-10H2,1-2H3,(H,24,28). The van der Waals surface area contributed by atoms with E-state index >= 15 is 0 Å². The minimum absolute atomic E-state index is 0.0746. The average Bonchev–Trinajstić information content (AvgIpc) is 3.10. The van der Waals surface area contributed by atoms with E-state index in [0.717, 1.165) is 0 Å². The number of ether oxygens (including phenoxy) is 2. The Bertz CT molecular complexity index is 1020. The molecular formula is C20H19F3N4O3. The molecule has 30 heavy (non-hydrogen) atoms. The van der Waals surface area contributed by atoms with Gasteiger partial charge in [-0.25, -0.2) is 9.07 Å². The van der Waals surface area contributed by atoms with Crippen molar-refractivity contribution in [3.63, 3.8) is 0 Å². The molecule has 0 unspecified atom stereocenters. The first-order valence-electron chi connectivity index (χ1n) is 8.97. The summed E-state index contributed by atoms with van der Waals surface area (Å²) < 4.78 is 49.0. The fraction of sp³-hybridized carbons (Fsp3) is 0.250. The van der Waals surface area contributed by atoms with Gasteiger partial charge in [-0.05, 0) is 55.3 Å². The van der Waals surface area contributed by atoms with Crippen molar-refractivity contribution < 1.29 is 27.4 Å². The number of nitrogens with one attached hydrogen (secondary N) is 1. The molecule has 3 rings (SSSR count). The summed E-state index contributed by atoms with van der Waals surface area (Å²) in [7, 11) is 1.36. The highest BCUT2D eigenvalue weighted by Crippen LogP contribution is 2.29. The molecule has 0 saturated carbocycles. The quantitative estimate of drug-likeness (QED) is 0.605. The summed E-state index contributed by atoms with van der Waals surface area (Å²) in [6, 6.07) is 10.3. The number of carbonyl (C=O) groups is 1. The first-order chi connectivity index (χ1) is 14.4. The predicted molar refractivity (Wildman–Crippen MR) is 102 cm³/mol. The topological polar surface area (TPSA) is 78.3 Å². The van der Waals surface area contributed by atoms with Gasteiger partial charge in [0.25, 0.3) is 5.91 Å². The lowest BCUT2D eigenvalue weighted by Gasteiger charge is -2.11. The summed E-state index contributed by atoms with van der Waals surface area (Å²) >= 11 is 0. The third kappa shape index (κ3) is 4.88. The first kappa shape index (κ1) is 21.2. The Morgan fingerprint density at radius 3 is 2.57 bits per heavy atom. The summed E-state index contributed by atoms with van der Waals surface area (Å²) in [6.45, 7) is -1.06. The molecule has 1 N–H and O–H groups in total. The second-order valence-corrected chi connectivity index (χ2v) is 6.28. The highest BCUT2D eigenvalue weighted by Gasteiger charge is 2.17. The van der Waals surface area contributed by atoms with Crippen LogP contribution in [0.4, 0.5) is 13.2 Å². The molecule has 0 bridgehead atoms. The number of hydrogen-bond donors (Lipinski definition) is 1. The van der Waals surface area contributed by atoms with Gasteiger partial charge in [-0.1, -0.05) is 11.3 Å². The van der Waals surface area contributed by atoms with E-state index in [2.05, 4.69) is 20.4 Å². The number of rotatable bonds is 8. The Kier molecular flexibility index (Phi) is 6.55. The highest BCUT2D eigenvalue weighted by atomic mass is 19.3. The Hall–Kier alpha value is -3.56. The summed E-state index contributed by atoms with van der Waals surface area (Å²) in [5, 5.41) is 10.6. The van der Waals surface area contributed by atoms with E-state index in [4.69, 9.17) is 4.74 Å². The van der Waals surface area contributed by atoms with Gasteiger partial charge in [0.2, 0.25) is 0 Å². The molecule has 10 heteroatoms. The van der Waals surface area contributed by atoms with Crippen molar-refractivity contribution in [1.29, 1.82) is 0 Å². The van der Waals surface area contributed by atoms with Crippen LogP contribution in [-0.2, 0) is 6.42 Å². The number of halogens is 3. The number of carbonyl (C=O) groups excluding carboxylic acids is 1. The molecule has 0 aliphatic rings. The molecule has 0 aliphatic carbocycles. The minimum atomic E-state index is -2.97. The zero-order valence-electron chi connectivity index (χ0n) is 16.2. The molecule has 158 valence electrons. The van der Waals surface area contributed by atoms with E-state index in [9.17, 15) is 18.0 Å². The van der Waals surface area contributed by atoms with Gasteiger partial charge in [-0.15, -0.1) is 5.10 Å². The van der Waals surface area contributed by atoms with Crippen LogP contribution in [0, 0.1) is 12.7 Å². The summed E-state index contributed by atoms with van der Waals surface area (Å²) in [5.41, 5.74) is 1.88. The minimum Gasteiger partial charge on any atom is -0.493 e. The van der Waals surface area contributed by atoms with Gasteiger partial charge in [0.1, 0.15) is 5.82 Å². The maximum atomic E-state index is 13.1. The van der Waals surface area contributed by atoms with E-state index in [1.807, 2.05) is 0 Å². The second kappa shape index (κ2) is 9.29. The highest BCUT2D eigenvalue weighted by molar-refractivity contribution is 5.93. The smallest absolute Gasteiger partial charge is 0.387 e. The molecular weight excluding hydrogens is 401 g/mol. The number of nitrogens with zero attached hydrogens (tertiary/aromatic N) is 3. The SMILES string of the molecule is COc1ccc(CCNC(=O)c2nnn(-c3ccc(F)cc3)c2C)cc1OC(F)F. The van der Waals surface area contributed by atoms with Crippen LogP contribution < -0.4 is 14.8 Å². The number of benzene rings is 2. The molecule has 0 atom stereocenters. The normalized spacial score (nSPS) is 10.9. The first-order valence-corrected chi connectivity index (χ1v) is 8.97. The molecule has 7 nitrogen and oxygen atoms in total. The van der Waals surface area contributed by atoms with Gasteiger partial charge in [0, 0.05) is 6.54 Å². The molecule has 1 heterocycles. The van der Waals surface area contributed by atoms with Crippen LogP contribution in [0.15, 0.2) is 42.5 Å². The van der Waals surface area contributed by atoms with Crippen LogP contribution in [0.25, 0.3) is 5.69 Å². The summed E-state index contributed by atoms with van der Waals surface area (Å²) in [6.07, 6.45) is 0.375. The van der Waals surface area contributed by atoms with Crippen molar-refractivity contribution in [3.05, 3.63) is 65.2 Å². The number of alkyl halides is 2. The van der Waals surface area contributed by atoms with E-state index in [1.54, 1.807) is 13.0 Å². The van der Waals surface area contributed by atoms with E-state index in [0.29, 0.717) is 23.4 Å². The number of methoxy groups -OCH3 is 1. The molecule has 0 saturated heterocycles. The maximum Gasteiger partial charge on any atom is 0.387 e. The van der Waals surface area contributed by atoms with E-state index in [-0.39, 0.29) is 29.6 Å². The van der Waals surface area contributed by atoms with Gasteiger partial charge in [-0.3, -0.25) is 4.79 Å². The zero-order chi connectivity index (χ0) is 21.7. The molecule has 1 aromatic heterocycles. The Balaban J connectivity index is 1.63. The fourth-order valence-electron chi connectivity index (χ4n) is 2.84. The van der Waals surface area contributed by atoms with Crippen molar-refractivity contribution in [2.45, 2.75) is 20.0 Å². The fourth-order valence-corrected chi connectivity index (χ4v) is 2.84. The van der Waals surface area contributed by atoms with Crippen molar-refractivity contribution in [2.24, 2.45) is 0 Å². The van der Waals surface area contributed by atoms with Crippen molar-refractivity contribution in [2.75, 3.05) is 13.7 Å². The van der Waals surface area contributed by atoms with Crippen LogP contribution >= 0.6 is 0 Å². The van der Waals surface area contributed by atoms with Crippen LogP contribution in [0.2, 0.25) is 0 Å². The Labute approximate surface area is 170 Å². The molecule has 0 spiro atoms. The van der Waals surface area contributed by atoms with Crippen LogP contribution in [0.1, 0.15) is 21.7 Å². The number of amides is 1. The molecule has 0 radical (unpaired) electrons. The van der Waals surface area contributed by atoms with Crippen LogP contribution in [0.5, 0.6) is 11.5 Å². The third-order valence-corrected chi connectivity index (χ3v) is 4.32. The summed E-state index contributed by atoms with van der Waals surface area (Å²) in [5.74, 6) is -0.695. The monoisotopic (exact) mass is 420 g/mol.